The highest BCUT2D eigenvalue weighted by atomic mass is 31.2. The van der Waals surface area contributed by atoms with E-state index < -0.39 is 100 Å². The van der Waals surface area contributed by atoms with Gasteiger partial charge in [0.05, 0.1) is 24.9 Å². The molecule has 10 N–H and O–H groups in total. The zero-order valence-electron chi connectivity index (χ0n) is 19.9. The van der Waals surface area contributed by atoms with Crippen LogP contribution in [0.25, 0.3) is 0 Å². The summed E-state index contributed by atoms with van der Waals surface area (Å²) >= 11 is 0. The Balaban J connectivity index is 1.74. The van der Waals surface area contributed by atoms with Crippen molar-refractivity contribution < 1.29 is 64.8 Å². The van der Waals surface area contributed by atoms with Gasteiger partial charge in [-0.25, -0.2) is 9.59 Å². The molecule has 11 atom stereocenters. The normalized spacial score (nSPS) is 37.9. The first-order valence-electron chi connectivity index (χ1n) is 11.4. The molecule has 3 rings (SSSR count). The Hall–Kier alpha value is -2.06. The zero-order valence-corrected chi connectivity index (χ0v) is 19.8. The number of hydrogen-bond donors (Lipinski definition) is 8. The van der Waals surface area contributed by atoms with Crippen molar-refractivity contribution in [3.05, 3.63) is 22.7 Å². The average molecular weight is 556 g/mol. The summed E-state index contributed by atoms with van der Waals surface area (Å²) in [6.45, 7) is -1.79. The topological polar surface area (TPSA) is 302 Å². The van der Waals surface area contributed by atoms with Gasteiger partial charge in [-0.3, -0.25) is 13.7 Å². The van der Waals surface area contributed by atoms with Gasteiger partial charge in [0.2, 0.25) is 0 Å². The summed E-state index contributed by atoms with van der Waals surface area (Å²) in [5, 5.41) is 60.3. The van der Waals surface area contributed by atoms with Crippen LogP contribution in [0.2, 0.25) is 0 Å². The first-order chi connectivity index (χ1) is 17.6. The number of carboxylic acid groups (broad SMARTS) is 1. The number of aliphatic carboxylic acids is 1. The molecule has 18 nitrogen and oxygen atoms in total. The van der Waals surface area contributed by atoms with Crippen molar-refractivity contribution in [1.82, 2.24) is 9.55 Å². The van der Waals surface area contributed by atoms with Crippen LogP contribution >= 0.6 is 7.82 Å². The van der Waals surface area contributed by atoms with E-state index in [1.54, 1.807) is 0 Å². The van der Waals surface area contributed by atoms with Gasteiger partial charge in [-0.15, -0.1) is 0 Å². The Labute approximate surface area is 209 Å². The van der Waals surface area contributed by atoms with Gasteiger partial charge < -0.3 is 61.0 Å². The minimum atomic E-state index is -5.68. The van der Waals surface area contributed by atoms with E-state index in [1.807, 2.05) is 0 Å². The summed E-state index contributed by atoms with van der Waals surface area (Å²) in [6.07, 6.45) is -14.0. The van der Waals surface area contributed by atoms with Crippen molar-refractivity contribution in [1.29, 1.82) is 0 Å². The molecule has 19 heteroatoms. The van der Waals surface area contributed by atoms with Crippen LogP contribution in [0.3, 0.4) is 0 Å². The molecule has 3 heterocycles. The minimum Gasteiger partial charge on any atom is -0.756 e. The molecule has 1 aromatic heterocycles. The molecule has 1 aromatic rings. The van der Waals surface area contributed by atoms with Crippen molar-refractivity contribution in [2.24, 2.45) is 5.73 Å². The molecule has 2 saturated heterocycles. The van der Waals surface area contributed by atoms with E-state index in [9.17, 15) is 49.7 Å². The van der Waals surface area contributed by atoms with Crippen molar-refractivity contribution in [3.63, 3.8) is 0 Å². The minimum absolute atomic E-state index is 0.129. The maximum atomic E-state index is 12.6. The lowest BCUT2D eigenvalue weighted by Gasteiger charge is -2.46. The Morgan fingerprint density at radius 1 is 1.43 bits per heavy atom. The number of anilines is 1. The standard InChI is InChI=1S/C18H29N4O14P/c1-6(23)11(25)14-10(20)7(24)4-18(35-14,16(28)29)36-37(31,32)33-5-8-12(26)13(27)15(34-8)22-3-2-9(19)21-17(22)30/h2-3,6-8,10-15,23-27H,4-5,20H2,1H3,(H,28,29)(H,31,32)(H2,19,21,30)/p-1/i1D. The number of nitrogens with two attached hydrogens (primary N) is 2. The number of nitrogen functional groups attached to an aromatic ring is 1. The Kier molecular flexibility index (Phi) is 8.29. The van der Waals surface area contributed by atoms with Crippen molar-refractivity contribution in [2.45, 2.75) is 74.1 Å². The number of phosphoric ester groups is 1. The highest BCUT2D eigenvalue weighted by molar-refractivity contribution is 7.45. The fraction of sp³-hybridized carbons (Fsp3) is 0.722. The Morgan fingerprint density at radius 2 is 2.11 bits per heavy atom. The molecule has 0 bridgehead atoms. The van der Waals surface area contributed by atoms with Crippen LogP contribution in [0.5, 0.6) is 0 Å². The van der Waals surface area contributed by atoms with Gasteiger partial charge >= 0.3 is 11.7 Å². The van der Waals surface area contributed by atoms with Crippen LogP contribution in [0, 0.1) is 0 Å². The van der Waals surface area contributed by atoms with Crippen LogP contribution in [-0.4, -0.2) is 107 Å². The lowest BCUT2D eigenvalue weighted by atomic mass is 9.89. The van der Waals surface area contributed by atoms with Gasteiger partial charge in [-0.05, 0) is 13.0 Å². The summed E-state index contributed by atoms with van der Waals surface area (Å²) in [5.41, 5.74) is 10.2. The number of nitrogens with zero attached hydrogens (tertiary/aromatic N) is 2. The molecule has 0 spiro atoms. The third kappa shape index (κ3) is 6.17. The summed E-state index contributed by atoms with van der Waals surface area (Å²) in [4.78, 5) is 40.0. The van der Waals surface area contributed by atoms with Gasteiger partial charge in [-0.1, -0.05) is 0 Å². The number of carboxylic acids is 1. The predicted molar refractivity (Wildman–Crippen MR) is 115 cm³/mol. The van der Waals surface area contributed by atoms with E-state index in [0.717, 1.165) is 10.8 Å². The van der Waals surface area contributed by atoms with Crippen molar-refractivity contribution in [3.8, 4) is 0 Å². The second-order valence-electron chi connectivity index (χ2n) is 8.47. The van der Waals surface area contributed by atoms with E-state index in [0.29, 0.717) is 0 Å². The summed E-state index contributed by atoms with van der Waals surface area (Å²) in [5.74, 6) is -5.36. The summed E-state index contributed by atoms with van der Waals surface area (Å²) < 4.78 is 40.2. The lowest BCUT2D eigenvalue weighted by molar-refractivity contribution is -0.311. The van der Waals surface area contributed by atoms with Crippen LogP contribution in [0.4, 0.5) is 5.82 Å². The molecule has 2 aliphatic rings. The maximum absolute atomic E-state index is 12.6. The zero-order chi connectivity index (χ0) is 28.6. The molecule has 0 aliphatic carbocycles. The third-order valence-electron chi connectivity index (χ3n) is 5.80. The number of rotatable bonds is 9. The molecule has 0 radical (unpaired) electrons. The highest BCUT2D eigenvalue weighted by Gasteiger charge is 2.56. The summed E-state index contributed by atoms with van der Waals surface area (Å²) in [7, 11) is -5.68. The Morgan fingerprint density at radius 3 is 2.70 bits per heavy atom. The van der Waals surface area contributed by atoms with E-state index in [1.165, 1.54) is 6.07 Å². The van der Waals surface area contributed by atoms with Crippen LogP contribution in [-0.2, 0) is 27.9 Å². The smallest absolute Gasteiger partial charge is 0.364 e. The molecule has 0 amide bonds. The van der Waals surface area contributed by atoms with E-state index in [-0.39, 0.29) is 5.82 Å². The van der Waals surface area contributed by atoms with Gasteiger partial charge in [0.15, 0.2) is 6.23 Å². The molecule has 0 aromatic carbocycles. The molecule has 0 saturated carbocycles. The number of aliphatic hydroxyl groups excluding tert-OH is 5. The number of ether oxygens (including phenoxy) is 2. The second kappa shape index (κ2) is 11.0. The molecule has 11 unspecified atom stereocenters. The van der Waals surface area contributed by atoms with Gasteiger partial charge in [0.25, 0.3) is 13.6 Å². The van der Waals surface area contributed by atoms with Crippen LogP contribution in [0.1, 0.15) is 20.9 Å². The van der Waals surface area contributed by atoms with E-state index in [4.69, 9.17) is 22.3 Å². The van der Waals surface area contributed by atoms with Gasteiger partial charge in [0, 0.05) is 14.0 Å². The average Bonchev–Trinajstić information content (AvgIpc) is 3.12. The van der Waals surface area contributed by atoms with Gasteiger partial charge in [0.1, 0.15) is 36.3 Å². The fourth-order valence-electron chi connectivity index (χ4n) is 3.82. The molecular formula is C18H28N4O14P-. The number of carbonyl (C=O) groups is 1. The number of aliphatic hydroxyl groups is 5. The first kappa shape index (κ1) is 28.0. The van der Waals surface area contributed by atoms with E-state index >= 15 is 0 Å². The lowest BCUT2D eigenvalue weighted by Crippen LogP contribution is -2.66. The monoisotopic (exact) mass is 556 g/mol. The van der Waals surface area contributed by atoms with Crippen molar-refractivity contribution in [2.75, 3.05) is 12.3 Å². The Bertz CT molecular complexity index is 1110. The SMILES string of the molecule is [2H]CC(O)C(O)C1OC(OP(=O)([O-])OCC2OC(n3ccc(N)nc3=O)C(O)C2O)(C(=O)O)CC(O)C1N. The maximum Gasteiger partial charge on any atom is 0.364 e. The largest absolute Gasteiger partial charge is 0.756 e. The van der Waals surface area contributed by atoms with Crippen molar-refractivity contribution >= 4 is 19.6 Å². The van der Waals surface area contributed by atoms with Crippen LogP contribution in [0.15, 0.2) is 17.1 Å². The predicted octanol–water partition coefficient (Wildman–Crippen LogP) is -5.05. The fourth-order valence-corrected chi connectivity index (χ4v) is 4.76. The molecular weight excluding hydrogens is 527 g/mol. The summed E-state index contributed by atoms with van der Waals surface area (Å²) in [6, 6.07) is -0.294. The first-order valence-corrected chi connectivity index (χ1v) is 12.1. The van der Waals surface area contributed by atoms with Gasteiger partial charge in [-0.2, -0.15) is 4.98 Å². The molecule has 210 valence electrons. The molecule has 37 heavy (non-hydrogen) atoms. The van der Waals surface area contributed by atoms with Crippen LogP contribution < -0.4 is 22.1 Å². The second-order valence-corrected chi connectivity index (χ2v) is 9.81. The highest BCUT2D eigenvalue weighted by Crippen LogP contribution is 2.48. The quantitative estimate of drug-likeness (QED) is 0.132. The molecule has 2 fully saturated rings. The third-order valence-corrected chi connectivity index (χ3v) is 6.79. The molecule has 2 aliphatic heterocycles. The number of hydrogen-bond acceptors (Lipinski definition) is 16. The number of phosphoric acid groups is 1. The van der Waals surface area contributed by atoms with E-state index in [2.05, 4.69) is 14.0 Å². The number of aromatic nitrogens is 2.